The van der Waals surface area contributed by atoms with Gasteiger partial charge in [0.15, 0.2) is 0 Å². The minimum absolute atomic E-state index is 0.0410. The molecular weight excluding hydrogens is 263 g/mol. The molecule has 1 aromatic carbocycles. The van der Waals surface area contributed by atoms with E-state index in [0.717, 1.165) is 12.1 Å². The van der Waals surface area contributed by atoms with Crippen LogP contribution in [0, 0.1) is 0 Å². The number of hydrogen-bond donors (Lipinski definition) is 2. The average molecular weight is 277 g/mol. The Labute approximate surface area is 108 Å². The van der Waals surface area contributed by atoms with Crippen molar-refractivity contribution in [3.63, 3.8) is 0 Å². The maximum absolute atomic E-state index is 12.6. The third-order valence-corrected chi connectivity index (χ3v) is 2.37. The SMILES string of the molecule is CC(C)(Cc1ccc(O)c(C(F)(F)F)c1)OC(N)=O. The van der Waals surface area contributed by atoms with E-state index in [1.807, 2.05) is 0 Å². The molecule has 0 aliphatic rings. The fraction of sp³-hybridized carbons (Fsp3) is 0.417. The van der Waals surface area contributed by atoms with Crippen LogP contribution >= 0.6 is 0 Å². The Hall–Kier alpha value is -1.92. The molecule has 1 rings (SSSR count). The molecule has 0 aliphatic carbocycles. The first-order chi connectivity index (χ1) is 8.51. The first kappa shape index (κ1) is 15.1. The highest BCUT2D eigenvalue weighted by molar-refractivity contribution is 5.65. The van der Waals surface area contributed by atoms with Crippen molar-refractivity contribution < 1.29 is 27.8 Å². The number of halogens is 3. The van der Waals surface area contributed by atoms with Gasteiger partial charge in [0.1, 0.15) is 11.4 Å². The van der Waals surface area contributed by atoms with Crippen molar-refractivity contribution in [1.82, 2.24) is 0 Å². The molecule has 0 spiro atoms. The number of nitrogens with two attached hydrogens (primary N) is 1. The Kier molecular flexibility index (Phi) is 3.97. The largest absolute Gasteiger partial charge is 0.507 e. The Balaban J connectivity index is 3.01. The molecule has 0 saturated heterocycles. The van der Waals surface area contributed by atoms with Crippen LogP contribution in [0.25, 0.3) is 0 Å². The van der Waals surface area contributed by atoms with Crippen LogP contribution in [0.1, 0.15) is 25.0 Å². The standard InChI is InChI=1S/C12H14F3NO3/c1-11(2,19-10(16)18)6-7-3-4-9(17)8(5-7)12(13,14)15/h3-5,17H,6H2,1-2H3,(H2,16,18). The molecular formula is C12H14F3NO3. The van der Waals surface area contributed by atoms with Gasteiger partial charge < -0.3 is 15.6 Å². The van der Waals surface area contributed by atoms with Crippen LogP contribution in [-0.4, -0.2) is 16.8 Å². The van der Waals surface area contributed by atoms with Crippen molar-refractivity contribution in [2.75, 3.05) is 0 Å². The molecule has 19 heavy (non-hydrogen) atoms. The topological polar surface area (TPSA) is 72.6 Å². The summed E-state index contributed by atoms with van der Waals surface area (Å²) in [5.41, 5.74) is 2.99. The summed E-state index contributed by atoms with van der Waals surface area (Å²) in [6, 6.07) is 3.11. The normalized spacial score (nSPS) is 12.3. The number of amides is 1. The number of hydrogen-bond acceptors (Lipinski definition) is 3. The quantitative estimate of drug-likeness (QED) is 0.892. The van der Waals surface area contributed by atoms with Crippen LogP contribution in [0.3, 0.4) is 0 Å². The summed E-state index contributed by atoms with van der Waals surface area (Å²) in [5.74, 6) is -0.843. The number of primary amides is 1. The predicted molar refractivity (Wildman–Crippen MR) is 61.6 cm³/mol. The van der Waals surface area contributed by atoms with Gasteiger partial charge in [0.05, 0.1) is 5.56 Å². The zero-order valence-electron chi connectivity index (χ0n) is 10.4. The fourth-order valence-corrected chi connectivity index (χ4v) is 1.72. The molecule has 0 aromatic heterocycles. The average Bonchev–Trinajstić information content (AvgIpc) is 2.16. The number of benzene rings is 1. The van der Waals surface area contributed by atoms with Crippen molar-refractivity contribution >= 4 is 6.09 Å². The van der Waals surface area contributed by atoms with Crippen LogP contribution in [0.4, 0.5) is 18.0 Å². The van der Waals surface area contributed by atoms with Crippen molar-refractivity contribution in [3.05, 3.63) is 29.3 Å². The molecule has 1 aromatic rings. The molecule has 0 heterocycles. The van der Waals surface area contributed by atoms with Crippen LogP contribution < -0.4 is 5.73 Å². The second-order valence-electron chi connectivity index (χ2n) is 4.71. The number of phenols is 1. The summed E-state index contributed by atoms with van der Waals surface area (Å²) in [4.78, 5) is 10.7. The molecule has 3 N–H and O–H groups in total. The van der Waals surface area contributed by atoms with Gasteiger partial charge in [-0.2, -0.15) is 13.2 Å². The van der Waals surface area contributed by atoms with Gasteiger partial charge in [0.2, 0.25) is 0 Å². The molecule has 106 valence electrons. The van der Waals surface area contributed by atoms with Gasteiger partial charge in [0, 0.05) is 6.42 Å². The van der Waals surface area contributed by atoms with E-state index in [0.29, 0.717) is 0 Å². The second-order valence-corrected chi connectivity index (χ2v) is 4.71. The number of aromatic hydroxyl groups is 1. The highest BCUT2D eigenvalue weighted by atomic mass is 19.4. The Morgan fingerprint density at radius 3 is 2.42 bits per heavy atom. The second kappa shape index (κ2) is 4.99. The molecule has 7 heteroatoms. The molecule has 0 aliphatic heterocycles. The van der Waals surface area contributed by atoms with E-state index < -0.39 is 29.2 Å². The maximum atomic E-state index is 12.6. The Morgan fingerprint density at radius 1 is 1.37 bits per heavy atom. The zero-order chi connectivity index (χ0) is 14.8. The molecule has 4 nitrogen and oxygen atoms in total. The fourth-order valence-electron chi connectivity index (χ4n) is 1.72. The summed E-state index contributed by atoms with van der Waals surface area (Å²) in [5, 5.41) is 9.19. The molecule has 0 atom stereocenters. The molecule has 0 radical (unpaired) electrons. The van der Waals surface area contributed by atoms with Crippen LogP contribution in [0.15, 0.2) is 18.2 Å². The van der Waals surface area contributed by atoms with Crippen molar-refractivity contribution in [2.45, 2.75) is 32.0 Å². The van der Waals surface area contributed by atoms with Crippen molar-refractivity contribution in [3.8, 4) is 5.75 Å². The van der Waals surface area contributed by atoms with E-state index in [1.54, 1.807) is 0 Å². The highest BCUT2D eigenvalue weighted by Gasteiger charge is 2.34. The molecule has 0 saturated carbocycles. The predicted octanol–water partition coefficient (Wildman–Crippen LogP) is 2.83. The number of carbonyl (C=O) groups is 1. The van der Waals surface area contributed by atoms with Gasteiger partial charge >= 0.3 is 12.3 Å². The van der Waals surface area contributed by atoms with E-state index >= 15 is 0 Å². The molecule has 0 fully saturated rings. The van der Waals surface area contributed by atoms with Gasteiger partial charge in [0.25, 0.3) is 0 Å². The number of rotatable bonds is 3. The summed E-state index contributed by atoms with van der Waals surface area (Å²) in [7, 11) is 0. The summed E-state index contributed by atoms with van der Waals surface area (Å²) >= 11 is 0. The molecule has 1 amide bonds. The van der Waals surface area contributed by atoms with Crippen LogP contribution in [-0.2, 0) is 17.3 Å². The van der Waals surface area contributed by atoms with Gasteiger partial charge in [-0.1, -0.05) is 6.07 Å². The number of carbonyl (C=O) groups excluding carboxylic acids is 1. The van der Waals surface area contributed by atoms with Gasteiger partial charge in [-0.15, -0.1) is 0 Å². The summed E-state index contributed by atoms with van der Waals surface area (Å²) in [6.45, 7) is 3.05. The van der Waals surface area contributed by atoms with Gasteiger partial charge in [-0.05, 0) is 31.5 Å². The maximum Gasteiger partial charge on any atom is 0.419 e. The highest BCUT2D eigenvalue weighted by Crippen LogP contribution is 2.36. The first-order valence-corrected chi connectivity index (χ1v) is 5.39. The lowest BCUT2D eigenvalue weighted by Crippen LogP contribution is -2.33. The monoisotopic (exact) mass is 277 g/mol. The van der Waals surface area contributed by atoms with E-state index in [9.17, 15) is 23.1 Å². The number of alkyl halides is 3. The lowest BCUT2D eigenvalue weighted by atomic mass is 9.96. The van der Waals surface area contributed by atoms with Gasteiger partial charge in [-0.25, -0.2) is 4.79 Å². The van der Waals surface area contributed by atoms with E-state index in [4.69, 9.17) is 10.5 Å². The zero-order valence-corrected chi connectivity index (χ0v) is 10.4. The molecule has 0 bridgehead atoms. The van der Waals surface area contributed by atoms with E-state index in [-0.39, 0.29) is 12.0 Å². The van der Waals surface area contributed by atoms with Crippen molar-refractivity contribution in [2.24, 2.45) is 5.73 Å². The minimum atomic E-state index is -4.64. The lowest BCUT2D eigenvalue weighted by molar-refractivity contribution is -0.138. The van der Waals surface area contributed by atoms with E-state index in [2.05, 4.69) is 0 Å². The number of phenolic OH excluding ortho intramolecular Hbond substituents is 1. The van der Waals surface area contributed by atoms with E-state index in [1.165, 1.54) is 19.9 Å². The van der Waals surface area contributed by atoms with Crippen molar-refractivity contribution in [1.29, 1.82) is 0 Å². The smallest absolute Gasteiger partial charge is 0.419 e. The number of ether oxygens (including phenoxy) is 1. The Bertz CT molecular complexity index is 484. The Morgan fingerprint density at radius 2 is 1.95 bits per heavy atom. The third kappa shape index (κ3) is 4.35. The van der Waals surface area contributed by atoms with Crippen LogP contribution in [0.5, 0.6) is 5.75 Å². The summed E-state index contributed by atoms with van der Waals surface area (Å²) in [6.07, 6.45) is -5.60. The molecule has 0 unspecified atom stereocenters. The van der Waals surface area contributed by atoms with Crippen LogP contribution in [0.2, 0.25) is 0 Å². The summed E-state index contributed by atoms with van der Waals surface area (Å²) < 4.78 is 42.6. The van der Waals surface area contributed by atoms with Gasteiger partial charge in [-0.3, -0.25) is 0 Å². The lowest BCUT2D eigenvalue weighted by Gasteiger charge is -2.24. The third-order valence-electron chi connectivity index (χ3n) is 2.37. The first-order valence-electron chi connectivity index (χ1n) is 5.39. The minimum Gasteiger partial charge on any atom is -0.507 e.